The van der Waals surface area contributed by atoms with Gasteiger partial charge in [0.25, 0.3) is 10.0 Å². The summed E-state index contributed by atoms with van der Waals surface area (Å²) < 4.78 is 40.7. The van der Waals surface area contributed by atoms with Crippen LogP contribution in [0.4, 0.5) is 5.69 Å². The summed E-state index contributed by atoms with van der Waals surface area (Å²) in [6.45, 7) is 3.87. The first-order valence-electron chi connectivity index (χ1n) is 9.76. The lowest BCUT2D eigenvalue weighted by molar-refractivity contribution is 0.403. The Kier molecular flexibility index (Phi) is 6.21. The third-order valence-corrected chi connectivity index (χ3v) is 6.51. The van der Waals surface area contributed by atoms with Gasteiger partial charge in [0.1, 0.15) is 22.7 Å². The van der Waals surface area contributed by atoms with E-state index in [2.05, 4.69) is 19.9 Å². The Bertz CT molecular complexity index is 1390. The smallest absolute Gasteiger partial charge is 0.265 e. The number of halogens is 1. The quantitative estimate of drug-likeness (QED) is 0.409. The number of nitrogens with zero attached hydrogens (tertiary/aromatic N) is 4. The predicted octanol–water partition coefficient (Wildman–Crippen LogP) is 4.53. The van der Waals surface area contributed by atoms with Gasteiger partial charge < -0.3 is 9.47 Å². The van der Waals surface area contributed by atoms with E-state index in [-0.39, 0.29) is 15.7 Å². The number of hydrogen-bond donors (Lipinski definition) is 1. The molecule has 0 radical (unpaired) electrons. The molecule has 0 unspecified atom stereocenters. The molecular weight excluding hydrogens is 466 g/mol. The van der Waals surface area contributed by atoms with Gasteiger partial charge in [0.15, 0.2) is 5.82 Å². The van der Waals surface area contributed by atoms with Crippen LogP contribution >= 0.6 is 11.6 Å². The van der Waals surface area contributed by atoms with E-state index in [9.17, 15) is 8.42 Å². The largest absolute Gasteiger partial charge is 0.495 e. The van der Waals surface area contributed by atoms with Crippen molar-refractivity contribution in [1.82, 2.24) is 19.7 Å². The number of nitrogens with one attached hydrogen (secondary N) is 1. The first kappa shape index (κ1) is 22.6. The number of rotatable bonds is 7. The molecule has 0 aliphatic rings. The topological polar surface area (TPSA) is 108 Å². The highest BCUT2D eigenvalue weighted by atomic mass is 35.5. The highest BCUT2D eigenvalue weighted by Gasteiger charge is 2.20. The minimum absolute atomic E-state index is 0.0588. The van der Waals surface area contributed by atoms with Crippen LogP contribution in [-0.4, -0.2) is 35.3 Å². The van der Waals surface area contributed by atoms with E-state index in [1.54, 1.807) is 48.8 Å². The van der Waals surface area contributed by atoms with Gasteiger partial charge >= 0.3 is 0 Å². The zero-order chi connectivity index (χ0) is 23.6. The van der Waals surface area contributed by atoms with E-state index in [1.165, 1.54) is 19.2 Å². The number of aryl methyl sites for hydroxylation is 1. The minimum atomic E-state index is -3.91. The summed E-state index contributed by atoms with van der Waals surface area (Å²) in [5.74, 6) is 1.58. The van der Waals surface area contributed by atoms with Crippen molar-refractivity contribution in [1.29, 1.82) is 0 Å². The molecule has 0 amide bonds. The van der Waals surface area contributed by atoms with Gasteiger partial charge in [0.2, 0.25) is 5.88 Å². The molecule has 0 aliphatic heterocycles. The molecule has 1 N–H and O–H groups in total. The molecule has 9 nitrogen and oxygen atoms in total. The van der Waals surface area contributed by atoms with Crippen molar-refractivity contribution in [2.24, 2.45) is 0 Å². The van der Waals surface area contributed by atoms with Gasteiger partial charge in [-0.1, -0.05) is 11.6 Å². The Labute approximate surface area is 196 Å². The van der Waals surface area contributed by atoms with Crippen molar-refractivity contribution in [3.8, 4) is 23.2 Å². The van der Waals surface area contributed by atoms with E-state index in [1.807, 2.05) is 18.4 Å². The maximum Gasteiger partial charge on any atom is 0.265 e. The predicted molar refractivity (Wildman–Crippen MR) is 124 cm³/mol. The van der Waals surface area contributed by atoms with Crippen LogP contribution in [0.5, 0.6) is 17.4 Å². The number of anilines is 1. The van der Waals surface area contributed by atoms with Crippen LogP contribution in [0, 0.1) is 13.8 Å². The summed E-state index contributed by atoms with van der Waals surface area (Å²) >= 11 is 5.95. The van der Waals surface area contributed by atoms with Crippen molar-refractivity contribution < 1.29 is 17.9 Å². The van der Waals surface area contributed by atoms with Crippen molar-refractivity contribution in [2.45, 2.75) is 18.7 Å². The number of sulfonamides is 1. The molecule has 0 fully saturated rings. The van der Waals surface area contributed by atoms with Gasteiger partial charge in [-0.05, 0) is 62.4 Å². The zero-order valence-electron chi connectivity index (χ0n) is 18.0. The number of methoxy groups -OCH3 is 1. The summed E-state index contributed by atoms with van der Waals surface area (Å²) in [4.78, 5) is 4.19. The van der Waals surface area contributed by atoms with E-state index in [4.69, 9.17) is 21.1 Å². The number of imidazole rings is 1. The number of hydrogen-bond acceptors (Lipinski definition) is 7. The third kappa shape index (κ3) is 4.91. The average molecular weight is 486 g/mol. The molecule has 2 aromatic carbocycles. The summed E-state index contributed by atoms with van der Waals surface area (Å²) in [5.41, 5.74) is 2.24. The minimum Gasteiger partial charge on any atom is -0.495 e. The highest BCUT2D eigenvalue weighted by Crippen LogP contribution is 2.29. The molecule has 33 heavy (non-hydrogen) atoms. The fraction of sp³-hybridized carbons (Fsp3) is 0.136. The lowest BCUT2D eigenvalue weighted by atomic mass is 10.3. The average Bonchev–Trinajstić information content (AvgIpc) is 3.14. The molecule has 170 valence electrons. The standard InChI is InChI=1S/C22H20ClN5O4S/c1-14-15(2)28(13-24-14)21-10-11-22(26-25-21)32-18-7-5-17(6-8-18)27-33(29,30)20-12-16(23)4-9-19(20)31-3/h4-13,27H,1-3H3. The summed E-state index contributed by atoms with van der Waals surface area (Å²) in [6.07, 6.45) is 1.69. The number of ether oxygens (including phenoxy) is 2. The molecule has 0 spiro atoms. The Morgan fingerprint density at radius 3 is 2.36 bits per heavy atom. The van der Waals surface area contributed by atoms with Crippen LogP contribution in [0.25, 0.3) is 5.82 Å². The molecule has 4 aromatic rings. The number of benzene rings is 2. The van der Waals surface area contributed by atoms with Crippen molar-refractivity contribution in [3.05, 3.63) is 77.3 Å². The first-order valence-corrected chi connectivity index (χ1v) is 11.6. The lowest BCUT2D eigenvalue weighted by Crippen LogP contribution is -2.14. The normalized spacial score (nSPS) is 11.3. The third-order valence-electron chi connectivity index (χ3n) is 4.87. The number of aromatic nitrogens is 4. The van der Waals surface area contributed by atoms with Crippen molar-refractivity contribution in [3.63, 3.8) is 0 Å². The fourth-order valence-electron chi connectivity index (χ4n) is 3.01. The van der Waals surface area contributed by atoms with Crippen LogP contribution in [0.15, 0.2) is 65.8 Å². The molecule has 0 saturated carbocycles. The Morgan fingerprint density at radius 2 is 1.76 bits per heavy atom. The first-order chi connectivity index (χ1) is 15.8. The van der Waals surface area contributed by atoms with Gasteiger partial charge in [-0.25, -0.2) is 13.4 Å². The van der Waals surface area contributed by atoms with Crippen LogP contribution < -0.4 is 14.2 Å². The summed E-state index contributed by atoms with van der Waals surface area (Å²) in [6, 6.07) is 14.2. The summed E-state index contributed by atoms with van der Waals surface area (Å²) in [5, 5.41) is 8.55. The maximum absolute atomic E-state index is 12.8. The van der Waals surface area contributed by atoms with E-state index >= 15 is 0 Å². The second kappa shape index (κ2) is 9.08. The van der Waals surface area contributed by atoms with Crippen LogP contribution in [0.3, 0.4) is 0 Å². The van der Waals surface area contributed by atoms with Crippen LogP contribution in [-0.2, 0) is 10.0 Å². The van der Waals surface area contributed by atoms with Crippen molar-refractivity contribution in [2.75, 3.05) is 11.8 Å². The molecule has 11 heteroatoms. The SMILES string of the molecule is COc1ccc(Cl)cc1S(=O)(=O)Nc1ccc(Oc2ccc(-n3cnc(C)c3C)nn2)cc1. The van der Waals surface area contributed by atoms with E-state index in [0.29, 0.717) is 23.1 Å². The van der Waals surface area contributed by atoms with E-state index < -0.39 is 10.0 Å². The summed E-state index contributed by atoms with van der Waals surface area (Å²) in [7, 11) is -2.52. The van der Waals surface area contributed by atoms with Gasteiger partial charge in [0, 0.05) is 22.5 Å². The Balaban J connectivity index is 1.47. The second-order valence-electron chi connectivity index (χ2n) is 7.04. The lowest BCUT2D eigenvalue weighted by Gasteiger charge is -2.12. The van der Waals surface area contributed by atoms with Gasteiger partial charge in [0.05, 0.1) is 12.8 Å². The molecular formula is C22H20ClN5O4S. The fourth-order valence-corrected chi connectivity index (χ4v) is 4.50. The zero-order valence-corrected chi connectivity index (χ0v) is 19.6. The second-order valence-corrected chi connectivity index (χ2v) is 9.13. The van der Waals surface area contributed by atoms with Gasteiger partial charge in [-0.2, -0.15) is 0 Å². The van der Waals surface area contributed by atoms with Gasteiger partial charge in [-0.3, -0.25) is 9.29 Å². The van der Waals surface area contributed by atoms with Crippen LogP contribution in [0.1, 0.15) is 11.4 Å². The van der Waals surface area contributed by atoms with E-state index in [0.717, 1.165) is 11.4 Å². The van der Waals surface area contributed by atoms with Crippen LogP contribution in [0.2, 0.25) is 5.02 Å². The van der Waals surface area contributed by atoms with Crippen molar-refractivity contribution >= 4 is 27.3 Å². The molecule has 4 rings (SSSR count). The molecule has 0 bridgehead atoms. The Hall–Kier alpha value is -3.63. The molecule has 0 atom stereocenters. The monoisotopic (exact) mass is 485 g/mol. The highest BCUT2D eigenvalue weighted by molar-refractivity contribution is 7.92. The maximum atomic E-state index is 12.8. The molecule has 2 heterocycles. The molecule has 2 aromatic heterocycles. The molecule has 0 saturated heterocycles. The Morgan fingerprint density at radius 1 is 1.00 bits per heavy atom. The molecule has 0 aliphatic carbocycles. The van der Waals surface area contributed by atoms with Gasteiger partial charge in [-0.15, -0.1) is 10.2 Å².